The third-order valence-electron chi connectivity index (χ3n) is 4.48. The highest BCUT2D eigenvalue weighted by molar-refractivity contribution is 5.79. The van der Waals surface area contributed by atoms with E-state index in [9.17, 15) is 4.79 Å². The van der Waals surface area contributed by atoms with E-state index in [1.807, 2.05) is 47.9 Å². The summed E-state index contributed by atoms with van der Waals surface area (Å²) in [6.45, 7) is 2.70. The molecule has 2 aromatic rings. The third-order valence-corrected chi connectivity index (χ3v) is 4.48. The minimum atomic E-state index is 0.208. The Labute approximate surface area is 136 Å². The number of imidazole rings is 1. The first kappa shape index (κ1) is 15.6. The number of ether oxygens (including phenoxy) is 1. The van der Waals surface area contributed by atoms with Crippen LogP contribution in [-0.2, 0) is 17.8 Å². The van der Waals surface area contributed by atoms with Crippen molar-refractivity contribution in [3.63, 3.8) is 0 Å². The maximum atomic E-state index is 12.5. The summed E-state index contributed by atoms with van der Waals surface area (Å²) in [5.41, 5.74) is 1.01. The van der Waals surface area contributed by atoms with Crippen LogP contribution in [0.25, 0.3) is 0 Å². The van der Waals surface area contributed by atoms with Crippen molar-refractivity contribution < 1.29 is 9.53 Å². The fourth-order valence-electron chi connectivity index (χ4n) is 3.13. The number of benzene rings is 1. The third kappa shape index (κ3) is 4.12. The lowest BCUT2D eigenvalue weighted by molar-refractivity contribution is -0.131. The van der Waals surface area contributed by atoms with Gasteiger partial charge in [-0.1, -0.05) is 12.1 Å². The van der Waals surface area contributed by atoms with E-state index in [0.717, 1.165) is 43.8 Å². The number of nitrogens with zero attached hydrogens (tertiary/aromatic N) is 3. The van der Waals surface area contributed by atoms with E-state index in [0.29, 0.717) is 12.3 Å². The monoisotopic (exact) mass is 313 g/mol. The SMILES string of the molecule is COc1cccc(CC(=O)N2CCC(Cn3ccnc3)CC2)c1. The molecule has 1 aromatic carbocycles. The lowest BCUT2D eigenvalue weighted by Crippen LogP contribution is -2.40. The van der Waals surface area contributed by atoms with Crippen molar-refractivity contribution in [3.8, 4) is 5.75 Å². The maximum absolute atomic E-state index is 12.5. The van der Waals surface area contributed by atoms with Gasteiger partial charge in [0.05, 0.1) is 19.9 Å². The number of hydrogen-bond acceptors (Lipinski definition) is 3. The van der Waals surface area contributed by atoms with E-state index in [1.165, 1.54) is 0 Å². The Morgan fingerprint density at radius 1 is 1.35 bits per heavy atom. The predicted molar refractivity (Wildman–Crippen MR) is 88.2 cm³/mol. The average Bonchev–Trinajstić information content (AvgIpc) is 3.08. The Morgan fingerprint density at radius 3 is 2.87 bits per heavy atom. The molecule has 0 N–H and O–H groups in total. The van der Waals surface area contributed by atoms with Crippen LogP contribution in [-0.4, -0.2) is 40.6 Å². The molecule has 5 nitrogen and oxygen atoms in total. The summed E-state index contributed by atoms with van der Waals surface area (Å²) in [6, 6.07) is 7.74. The highest BCUT2D eigenvalue weighted by Gasteiger charge is 2.23. The van der Waals surface area contributed by atoms with E-state index in [-0.39, 0.29) is 5.91 Å². The van der Waals surface area contributed by atoms with Crippen molar-refractivity contribution in [3.05, 3.63) is 48.5 Å². The fraction of sp³-hybridized carbons (Fsp3) is 0.444. The number of carbonyl (C=O) groups is 1. The first-order chi connectivity index (χ1) is 11.2. The minimum Gasteiger partial charge on any atom is -0.497 e. The van der Waals surface area contributed by atoms with Gasteiger partial charge in [0.1, 0.15) is 5.75 Å². The summed E-state index contributed by atoms with van der Waals surface area (Å²) < 4.78 is 7.34. The molecule has 0 aliphatic carbocycles. The Balaban J connectivity index is 1.49. The van der Waals surface area contributed by atoms with Crippen LogP contribution in [0.2, 0.25) is 0 Å². The van der Waals surface area contributed by atoms with Crippen molar-refractivity contribution in [1.82, 2.24) is 14.5 Å². The van der Waals surface area contributed by atoms with Crippen LogP contribution in [0, 0.1) is 5.92 Å². The zero-order valence-electron chi connectivity index (χ0n) is 13.5. The summed E-state index contributed by atoms with van der Waals surface area (Å²) in [4.78, 5) is 18.5. The zero-order chi connectivity index (χ0) is 16.1. The first-order valence-corrected chi connectivity index (χ1v) is 8.11. The second-order valence-electron chi connectivity index (χ2n) is 6.11. The highest BCUT2D eigenvalue weighted by Crippen LogP contribution is 2.20. The van der Waals surface area contributed by atoms with Crippen LogP contribution in [0.1, 0.15) is 18.4 Å². The molecule has 23 heavy (non-hydrogen) atoms. The molecular weight excluding hydrogens is 290 g/mol. The standard InChI is InChI=1S/C18H23N3O2/c1-23-17-4-2-3-16(11-17)12-18(22)21-8-5-15(6-9-21)13-20-10-7-19-14-20/h2-4,7,10-11,14-15H,5-6,8-9,12-13H2,1H3. The van der Waals surface area contributed by atoms with Gasteiger partial charge in [0, 0.05) is 32.0 Å². The van der Waals surface area contributed by atoms with Gasteiger partial charge < -0.3 is 14.2 Å². The number of piperidine rings is 1. The van der Waals surface area contributed by atoms with Gasteiger partial charge in [0.25, 0.3) is 0 Å². The molecular formula is C18H23N3O2. The largest absolute Gasteiger partial charge is 0.497 e. The molecule has 0 saturated carbocycles. The van der Waals surface area contributed by atoms with Crippen LogP contribution in [0.15, 0.2) is 43.0 Å². The quantitative estimate of drug-likeness (QED) is 0.851. The first-order valence-electron chi connectivity index (χ1n) is 8.11. The predicted octanol–water partition coefficient (Wildman–Crippen LogP) is 2.37. The molecule has 0 atom stereocenters. The van der Waals surface area contributed by atoms with Crippen molar-refractivity contribution >= 4 is 5.91 Å². The molecule has 0 bridgehead atoms. The fourth-order valence-corrected chi connectivity index (χ4v) is 3.13. The minimum absolute atomic E-state index is 0.208. The van der Waals surface area contributed by atoms with Crippen molar-refractivity contribution in [2.75, 3.05) is 20.2 Å². The normalized spacial score (nSPS) is 15.6. The summed E-state index contributed by atoms with van der Waals surface area (Å²) in [6.07, 6.45) is 8.24. The summed E-state index contributed by atoms with van der Waals surface area (Å²) in [5, 5.41) is 0. The van der Waals surface area contributed by atoms with Gasteiger partial charge in [-0.15, -0.1) is 0 Å². The molecule has 3 rings (SSSR count). The topological polar surface area (TPSA) is 47.4 Å². The number of hydrogen-bond donors (Lipinski definition) is 0. The van der Waals surface area contributed by atoms with Gasteiger partial charge >= 0.3 is 0 Å². The molecule has 1 amide bonds. The van der Waals surface area contributed by atoms with Crippen molar-refractivity contribution in [1.29, 1.82) is 0 Å². The Kier molecular flexibility index (Phi) is 4.95. The van der Waals surface area contributed by atoms with Gasteiger partial charge in [-0.05, 0) is 36.5 Å². The molecule has 1 aromatic heterocycles. The number of likely N-dealkylation sites (tertiary alicyclic amines) is 1. The zero-order valence-corrected chi connectivity index (χ0v) is 13.5. The van der Waals surface area contributed by atoms with Gasteiger partial charge in [0.2, 0.25) is 5.91 Å². The summed E-state index contributed by atoms with van der Waals surface area (Å²) in [7, 11) is 1.64. The van der Waals surface area contributed by atoms with E-state index in [2.05, 4.69) is 9.55 Å². The number of rotatable bonds is 5. The number of carbonyl (C=O) groups excluding carboxylic acids is 1. The second kappa shape index (κ2) is 7.31. The molecule has 1 saturated heterocycles. The molecule has 1 fully saturated rings. The van der Waals surface area contributed by atoms with E-state index >= 15 is 0 Å². The van der Waals surface area contributed by atoms with Crippen LogP contribution in [0.5, 0.6) is 5.75 Å². The number of amides is 1. The maximum Gasteiger partial charge on any atom is 0.226 e. The van der Waals surface area contributed by atoms with E-state index < -0.39 is 0 Å². The molecule has 1 aliphatic heterocycles. The van der Waals surface area contributed by atoms with Crippen LogP contribution in [0.4, 0.5) is 0 Å². The summed E-state index contributed by atoms with van der Waals surface area (Å²) >= 11 is 0. The van der Waals surface area contributed by atoms with Gasteiger partial charge in [0.15, 0.2) is 0 Å². The Bertz CT molecular complexity index is 631. The lowest BCUT2D eigenvalue weighted by Gasteiger charge is -2.32. The Hall–Kier alpha value is -2.30. The van der Waals surface area contributed by atoms with Gasteiger partial charge in [-0.3, -0.25) is 4.79 Å². The lowest BCUT2D eigenvalue weighted by atomic mass is 9.96. The molecule has 2 heterocycles. The molecule has 1 aliphatic rings. The number of methoxy groups -OCH3 is 1. The molecule has 0 radical (unpaired) electrons. The number of aromatic nitrogens is 2. The van der Waals surface area contributed by atoms with Gasteiger partial charge in [-0.2, -0.15) is 0 Å². The summed E-state index contributed by atoms with van der Waals surface area (Å²) in [5.74, 6) is 1.64. The highest BCUT2D eigenvalue weighted by atomic mass is 16.5. The van der Waals surface area contributed by atoms with Gasteiger partial charge in [-0.25, -0.2) is 4.98 Å². The van der Waals surface area contributed by atoms with E-state index in [1.54, 1.807) is 7.11 Å². The van der Waals surface area contributed by atoms with Crippen molar-refractivity contribution in [2.24, 2.45) is 5.92 Å². The Morgan fingerprint density at radius 2 is 2.17 bits per heavy atom. The smallest absolute Gasteiger partial charge is 0.226 e. The molecule has 0 spiro atoms. The molecule has 122 valence electrons. The van der Waals surface area contributed by atoms with Crippen molar-refractivity contribution in [2.45, 2.75) is 25.8 Å². The second-order valence-corrected chi connectivity index (χ2v) is 6.11. The van der Waals surface area contributed by atoms with Crippen LogP contribution in [0.3, 0.4) is 0 Å². The molecule has 5 heteroatoms. The van der Waals surface area contributed by atoms with Crippen LogP contribution < -0.4 is 4.74 Å². The average molecular weight is 313 g/mol. The molecule has 0 unspecified atom stereocenters. The van der Waals surface area contributed by atoms with E-state index in [4.69, 9.17) is 4.74 Å². The van der Waals surface area contributed by atoms with Crippen LogP contribution >= 0.6 is 0 Å².